The second kappa shape index (κ2) is 5.17. The zero-order valence-corrected chi connectivity index (χ0v) is 13.9. The maximum absolute atomic E-state index is 11.5. The predicted octanol–water partition coefficient (Wildman–Crippen LogP) is 5.66. The van der Waals surface area contributed by atoms with Gasteiger partial charge >= 0.3 is 0 Å². The van der Waals surface area contributed by atoms with Gasteiger partial charge in [0.2, 0.25) is 0 Å². The summed E-state index contributed by atoms with van der Waals surface area (Å²) in [4.78, 5) is 11.5. The molecule has 0 saturated heterocycles. The topological polar surface area (TPSA) is 17.1 Å². The Balaban J connectivity index is 1.76. The van der Waals surface area contributed by atoms with E-state index >= 15 is 0 Å². The third kappa shape index (κ3) is 2.00. The van der Waals surface area contributed by atoms with Crippen molar-refractivity contribution < 1.29 is 4.79 Å². The Morgan fingerprint density at radius 1 is 0.720 bits per heavy atom. The number of rotatable bonds is 1. The van der Waals surface area contributed by atoms with Gasteiger partial charge in [0.25, 0.3) is 0 Å². The van der Waals surface area contributed by atoms with E-state index in [2.05, 4.69) is 67.5 Å². The van der Waals surface area contributed by atoms with Crippen molar-refractivity contribution >= 4 is 33.1 Å². The summed E-state index contributed by atoms with van der Waals surface area (Å²) < 4.78 is 0. The van der Waals surface area contributed by atoms with Crippen molar-refractivity contribution in [2.45, 2.75) is 12.8 Å². The molecule has 0 bridgehead atoms. The number of allylic oxidation sites excluding steroid dienone is 1. The first-order chi connectivity index (χ1) is 12.3. The molecule has 1 aliphatic carbocycles. The van der Waals surface area contributed by atoms with Crippen LogP contribution >= 0.6 is 0 Å². The number of hydrogen-bond acceptors (Lipinski definition) is 1. The van der Waals surface area contributed by atoms with Crippen LogP contribution in [0.1, 0.15) is 28.2 Å². The molecule has 1 heteroatoms. The van der Waals surface area contributed by atoms with Crippen LogP contribution in [0.25, 0.3) is 27.1 Å². The van der Waals surface area contributed by atoms with E-state index in [1.54, 1.807) is 0 Å². The van der Waals surface area contributed by atoms with E-state index in [4.69, 9.17) is 0 Å². The van der Waals surface area contributed by atoms with E-state index in [0.717, 1.165) is 11.1 Å². The van der Waals surface area contributed by atoms with Crippen molar-refractivity contribution in [1.29, 1.82) is 0 Å². The summed E-state index contributed by atoms with van der Waals surface area (Å²) in [5.74, 6) is 2.22. The Kier molecular flexibility index (Phi) is 2.94. The van der Waals surface area contributed by atoms with Gasteiger partial charge in [-0.3, -0.25) is 0 Å². The van der Waals surface area contributed by atoms with Crippen LogP contribution in [0.2, 0.25) is 0 Å². The molecule has 5 rings (SSSR count). The molecule has 4 aromatic carbocycles. The fourth-order valence-electron chi connectivity index (χ4n) is 4.10. The lowest BCUT2D eigenvalue weighted by atomic mass is 9.69. The van der Waals surface area contributed by atoms with Crippen molar-refractivity contribution in [3.63, 3.8) is 0 Å². The van der Waals surface area contributed by atoms with E-state index in [-0.39, 0.29) is 5.92 Å². The van der Waals surface area contributed by atoms with Crippen molar-refractivity contribution in [3.05, 3.63) is 95.1 Å². The van der Waals surface area contributed by atoms with Crippen LogP contribution in [0.15, 0.2) is 72.8 Å². The van der Waals surface area contributed by atoms with Gasteiger partial charge in [-0.15, -0.1) is 0 Å². The standard InChI is InChI=1S/C24H16O/c1-15-10-18-11-16-6-2-3-7-17(16)12-19(18)13-22(15)24-21-9-5-4-8-20(21)23(24)14-25/h2-13,24H,1H3. The van der Waals surface area contributed by atoms with Gasteiger partial charge in [0.05, 0.1) is 5.57 Å². The summed E-state index contributed by atoms with van der Waals surface area (Å²) in [5.41, 5.74) is 5.47. The third-order valence-corrected chi connectivity index (χ3v) is 5.36. The summed E-state index contributed by atoms with van der Waals surface area (Å²) in [6.07, 6.45) is 0. The van der Waals surface area contributed by atoms with Crippen LogP contribution in [0, 0.1) is 6.92 Å². The Morgan fingerprint density at radius 3 is 2.08 bits per heavy atom. The molecule has 0 saturated carbocycles. The zero-order valence-electron chi connectivity index (χ0n) is 13.9. The molecule has 0 N–H and O–H groups in total. The molecule has 0 fully saturated rings. The Bertz CT molecular complexity index is 1210. The maximum atomic E-state index is 11.5. The third-order valence-electron chi connectivity index (χ3n) is 5.36. The lowest BCUT2D eigenvalue weighted by Crippen LogP contribution is -2.18. The molecule has 0 aliphatic heterocycles. The van der Waals surface area contributed by atoms with Gasteiger partial charge in [-0.1, -0.05) is 54.6 Å². The number of aryl methyl sites for hydroxylation is 1. The molecule has 4 aromatic rings. The molecule has 0 radical (unpaired) electrons. The first-order valence-electron chi connectivity index (χ1n) is 8.53. The maximum Gasteiger partial charge on any atom is 0.129 e. The summed E-state index contributed by atoms with van der Waals surface area (Å²) in [6.45, 7) is 2.13. The molecular weight excluding hydrogens is 304 g/mol. The van der Waals surface area contributed by atoms with Crippen LogP contribution in [0.4, 0.5) is 0 Å². The van der Waals surface area contributed by atoms with E-state index in [9.17, 15) is 4.79 Å². The van der Waals surface area contributed by atoms with Gasteiger partial charge < -0.3 is 0 Å². The molecule has 0 amide bonds. The lowest BCUT2D eigenvalue weighted by molar-refractivity contribution is 0.568. The predicted molar refractivity (Wildman–Crippen MR) is 104 cm³/mol. The normalized spacial score (nSPS) is 15.7. The van der Waals surface area contributed by atoms with Crippen molar-refractivity contribution in [3.8, 4) is 0 Å². The Morgan fingerprint density at radius 2 is 1.36 bits per heavy atom. The average molecular weight is 320 g/mol. The molecule has 0 aromatic heterocycles. The van der Waals surface area contributed by atoms with Crippen LogP contribution in [-0.4, -0.2) is 5.94 Å². The number of carbonyl (C=O) groups excluding carboxylic acids is 1. The van der Waals surface area contributed by atoms with E-state index in [1.165, 1.54) is 38.2 Å². The summed E-state index contributed by atoms with van der Waals surface area (Å²) in [7, 11) is 0. The van der Waals surface area contributed by atoms with Gasteiger partial charge in [-0.2, -0.15) is 0 Å². The second-order valence-corrected chi connectivity index (χ2v) is 6.79. The molecule has 1 nitrogen and oxygen atoms in total. The summed E-state index contributed by atoms with van der Waals surface area (Å²) in [5, 5.41) is 4.95. The minimum absolute atomic E-state index is 0.0459. The lowest BCUT2D eigenvalue weighted by Gasteiger charge is -2.32. The smallest absolute Gasteiger partial charge is 0.129 e. The minimum atomic E-state index is 0.0459. The van der Waals surface area contributed by atoms with Gasteiger partial charge in [0.1, 0.15) is 5.94 Å². The number of hydrogen-bond donors (Lipinski definition) is 0. The van der Waals surface area contributed by atoms with Crippen LogP contribution in [0.5, 0.6) is 0 Å². The quantitative estimate of drug-likeness (QED) is 0.326. The highest BCUT2D eigenvalue weighted by atomic mass is 16.1. The monoisotopic (exact) mass is 320 g/mol. The van der Waals surface area contributed by atoms with Gasteiger partial charge in [0.15, 0.2) is 0 Å². The summed E-state index contributed by atoms with van der Waals surface area (Å²) in [6, 6.07) is 25.5. The molecule has 118 valence electrons. The highest BCUT2D eigenvalue weighted by Crippen LogP contribution is 2.49. The molecule has 1 aliphatic rings. The highest BCUT2D eigenvalue weighted by Gasteiger charge is 2.35. The van der Waals surface area contributed by atoms with E-state index < -0.39 is 0 Å². The van der Waals surface area contributed by atoms with E-state index in [0.29, 0.717) is 0 Å². The van der Waals surface area contributed by atoms with Gasteiger partial charge in [-0.05, 0) is 68.9 Å². The zero-order chi connectivity index (χ0) is 17.0. The summed E-state index contributed by atoms with van der Waals surface area (Å²) >= 11 is 0. The van der Waals surface area contributed by atoms with Crippen LogP contribution in [-0.2, 0) is 4.79 Å². The van der Waals surface area contributed by atoms with Crippen molar-refractivity contribution in [2.24, 2.45) is 0 Å². The highest BCUT2D eigenvalue weighted by molar-refractivity contribution is 6.03. The van der Waals surface area contributed by atoms with Crippen LogP contribution in [0.3, 0.4) is 0 Å². The average Bonchev–Trinajstić information content (AvgIpc) is 2.62. The second-order valence-electron chi connectivity index (χ2n) is 6.79. The van der Waals surface area contributed by atoms with Gasteiger partial charge in [0, 0.05) is 5.92 Å². The first kappa shape index (κ1) is 14.2. The Labute approximate surface area is 146 Å². The fourth-order valence-corrected chi connectivity index (χ4v) is 4.10. The first-order valence-corrected chi connectivity index (χ1v) is 8.53. The molecule has 25 heavy (non-hydrogen) atoms. The molecule has 1 unspecified atom stereocenters. The molecule has 0 heterocycles. The fraction of sp³-hybridized carbons (Fsp3) is 0.0833. The van der Waals surface area contributed by atoms with Gasteiger partial charge in [-0.25, -0.2) is 4.79 Å². The van der Waals surface area contributed by atoms with E-state index in [1.807, 2.05) is 18.2 Å². The van der Waals surface area contributed by atoms with Crippen molar-refractivity contribution in [2.75, 3.05) is 0 Å². The minimum Gasteiger partial charge on any atom is -0.233 e. The largest absolute Gasteiger partial charge is 0.233 e. The molecule has 1 atom stereocenters. The van der Waals surface area contributed by atoms with Crippen molar-refractivity contribution in [1.82, 2.24) is 0 Å². The number of fused-ring (bicyclic) bond motifs is 3. The van der Waals surface area contributed by atoms with Crippen LogP contribution < -0.4 is 0 Å². The molecular formula is C24H16O. The Hall–Kier alpha value is -3.15. The molecule has 0 spiro atoms. The number of benzene rings is 4. The SMILES string of the molecule is Cc1cc2cc3ccccc3cc2cc1C1C(=C=O)c2ccccc21.